The quantitative estimate of drug-likeness (QED) is 0.732. The molecular weight excluding hydrogens is 238 g/mol. The summed E-state index contributed by atoms with van der Waals surface area (Å²) < 4.78 is 5.36. The zero-order valence-electron chi connectivity index (χ0n) is 12.2. The molecule has 19 heavy (non-hydrogen) atoms. The van der Waals surface area contributed by atoms with Gasteiger partial charge in [-0.3, -0.25) is 4.79 Å². The first kappa shape index (κ1) is 15.7. The highest BCUT2D eigenvalue weighted by Crippen LogP contribution is 2.07. The number of nitrogens with one attached hydrogen (secondary N) is 1. The molecule has 0 heterocycles. The highest BCUT2D eigenvalue weighted by atomic mass is 16.5. The molecule has 0 unspecified atom stereocenters. The molecule has 1 N–H and O–H groups in total. The third kappa shape index (κ3) is 7.62. The second-order valence-corrected chi connectivity index (χ2v) is 5.11. The van der Waals surface area contributed by atoms with Crippen LogP contribution in [0.5, 0.6) is 0 Å². The fourth-order valence-electron chi connectivity index (χ4n) is 1.78. The molecule has 0 atom stereocenters. The molecule has 0 aliphatic heterocycles. The molecule has 0 bridgehead atoms. The minimum atomic E-state index is 0.111. The van der Waals surface area contributed by atoms with E-state index in [0.717, 1.165) is 12.8 Å². The van der Waals surface area contributed by atoms with Crippen molar-refractivity contribution in [2.24, 2.45) is 0 Å². The van der Waals surface area contributed by atoms with E-state index in [1.807, 2.05) is 13.8 Å². The summed E-state index contributed by atoms with van der Waals surface area (Å²) in [5.74, 6) is 0.111. The Labute approximate surface area is 116 Å². The van der Waals surface area contributed by atoms with Gasteiger partial charge in [-0.1, -0.05) is 29.8 Å². The fourth-order valence-corrected chi connectivity index (χ4v) is 1.78. The van der Waals surface area contributed by atoms with Gasteiger partial charge in [-0.2, -0.15) is 0 Å². The molecule has 1 rings (SSSR count). The lowest BCUT2D eigenvalue weighted by molar-refractivity contribution is -0.121. The first-order valence-corrected chi connectivity index (χ1v) is 7.02. The number of hydrogen-bond acceptors (Lipinski definition) is 2. The number of carbonyl (C=O) groups is 1. The first-order valence-electron chi connectivity index (χ1n) is 7.02. The van der Waals surface area contributed by atoms with Gasteiger partial charge in [-0.05, 0) is 39.2 Å². The highest BCUT2D eigenvalue weighted by molar-refractivity contribution is 5.75. The summed E-state index contributed by atoms with van der Waals surface area (Å²) in [6.45, 7) is 7.24. The molecule has 0 fully saturated rings. The second kappa shape index (κ2) is 8.70. The van der Waals surface area contributed by atoms with Crippen molar-refractivity contribution in [3.63, 3.8) is 0 Å². The van der Waals surface area contributed by atoms with Gasteiger partial charge in [-0.15, -0.1) is 0 Å². The summed E-state index contributed by atoms with van der Waals surface area (Å²) in [5, 5.41) is 2.87. The summed E-state index contributed by atoms with van der Waals surface area (Å²) in [5.41, 5.74) is 2.56. The van der Waals surface area contributed by atoms with E-state index in [-0.39, 0.29) is 12.0 Å². The molecule has 1 aromatic rings. The van der Waals surface area contributed by atoms with Crippen LogP contribution in [-0.4, -0.2) is 25.2 Å². The lowest BCUT2D eigenvalue weighted by Gasteiger charge is -2.08. The topological polar surface area (TPSA) is 38.3 Å². The van der Waals surface area contributed by atoms with E-state index in [4.69, 9.17) is 4.74 Å². The number of benzene rings is 1. The Kier molecular flexibility index (Phi) is 7.19. The molecule has 0 saturated heterocycles. The predicted molar refractivity (Wildman–Crippen MR) is 78.2 cm³/mol. The maximum atomic E-state index is 11.6. The van der Waals surface area contributed by atoms with E-state index in [9.17, 15) is 4.79 Å². The normalized spacial score (nSPS) is 10.7. The van der Waals surface area contributed by atoms with Crippen LogP contribution in [0.3, 0.4) is 0 Å². The maximum Gasteiger partial charge on any atom is 0.220 e. The van der Waals surface area contributed by atoms with Crippen molar-refractivity contribution in [1.29, 1.82) is 0 Å². The van der Waals surface area contributed by atoms with Gasteiger partial charge in [0.1, 0.15) is 0 Å². The molecule has 0 radical (unpaired) electrons. The first-order chi connectivity index (χ1) is 9.08. The smallest absolute Gasteiger partial charge is 0.220 e. The van der Waals surface area contributed by atoms with Crippen molar-refractivity contribution >= 4 is 5.91 Å². The second-order valence-electron chi connectivity index (χ2n) is 5.11. The molecule has 0 saturated carbocycles. The Balaban J connectivity index is 2.08. The molecular formula is C16H25NO2. The van der Waals surface area contributed by atoms with Crippen molar-refractivity contribution in [2.75, 3.05) is 13.2 Å². The zero-order chi connectivity index (χ0) is 14.1. The number of ether oxygens (including phenoxy) is 1. The Morgan fingerprint density at radius 1 is 1.26 bits per heavy atom. The third-order valence-corrected chi connectivity index (χ3v) is 2.87. The molecule has 106 valence electrons. The van der Waals surface area contributed by atoms with Gasteiger partial charge in [0.25, 0.3) is 0 Å². The van der Waals surface area contributed by atoms with Crippen molar-refractivity contribution in [3.05, 3.63) is 35.4 Å². The summed E-state index contributed by atoms with van der Waals surface area (Å²) in [7, 11) is 0. The minimum absolute atomic E-state index is 0.111. The van der Waals surface area contributed by atoms with Gasteiger partial charge in [0.15, 0.2) is 0 Å². The van der Waals surface area contributed by atoms with Crippen LogP contribution in [0, 0.1) is 6.92 Å². The maximum absolute atomic E-state index is 11.6. The van der Waals surface area contributed by atoms with Crippen molar-refractivity contribution in [1.82, 2.24) is 5.32 Å². The Bertz CT molecular complexity index is 371. The molecule has 3 heteroatoms. The van der Waals surface area contributed by atoms with Gasteiger partial charge in [0.2, 0.25) is 5.91 Å². The van der Waals surface area contributed by atoms with Crippen LogP contribution < -0.4 is 5.32 Å². The van der Waals surface area contributed by atoms with Crippen LogP contribution in [0.2, 0.25) is 0 Å². The molecule has 1 amide bonds. The number of hydrogen-bond donors (Lipinski definition) is 1. The van der Waals surface area contributed by atoms with Crippen LogP contribution in [0.25, 0.3) is 0 Å². The van der Waals surface area contributed by atoms with E-state index in [1.165, 1.54) is 11.1 Å². The van der Waals surface area contributed by atoms with Crippen LogP contribution >= 0.6 is 0 Å². The van der Waals surface area contributed by atoms with Crippen LogP contribution in [0.15, 0.2) is 24.3 Å². The lowest BCUT2D eigenvalue weighted by atomic mass is 10.1. The van der Waals surface area contributed by atoms with Gasteiger partial charge >= 0.3 is 0 Å². The zero-order valence-corrected chi connectivity index (χ0v) is 12.2. The number of aryl methyl sites for hydroxylation is 2. The average Bonchev–Trinajstić information content (AvgIpc) is 2.37. The number of carbonyl (C=O) groups excluding carboxylic acids is 1. The Morgan fingerprint density at radius 2 is 1.95 bits per heavy atom. The van der Waals surface area contributed by atoms with Gasteiger partial charge in [0.05, 0.1) is 12.7 Å². The molecule has 0 aliphatic rings. The summed E-state index contributed by atoms with van der Waals surface area (Å²) in [6, 6.07) is 8.48. The largest absolute Gasteiger partial charge is 0.377 e. The summed E-state index contributed by atoms with van der Waals surface area (Å²) in [6.07, 6.45) is 2.64. The van der Waals surface area contributed by atoms with E-state index in [2.05, 4.69) is 36.5 Å². The number of amides is 1. The molecule has 0 aliphatic carbocycles. The molecule has 1 aromatic carbocycles. The predicted octanol–water partition coefficient (Wildman–Crippen LogP) is 2.86. The van der Waals surface area contributed by atoms with Gasteiger partial charge in [-0.25, -0.2) is 0 Å². The minimum Gasteiger partial charge on any atom is -0.377 e. The fraction of sp³-hybridized carbons (Fsp3) is 0.562. The SMILES string of the molecule is Cc1ccc(CCCC(=O)NCCOC(C)C)cc1. The van der Waals surface area contributed by atoms with Crippen LogP contribution in [-0.2, 0) is 16.0 Å². The van der Waals surface area contributed by atoms with E-state index < -0.39 is 0 Å². The van der Waals surface area contributed by atoms with Crippen LogP contribution in [0.4, 0.5) is 0 Å². The molecule has 3 nitrogen and oxygen atoms in total. The standard InChI is InChI=1S/C16H25NO2/c1-13(2)19-12-11-17-16(18)6-4-5-15-9-7-14(3)8-10-15/h7-10,13H,4-6,11-12H2,1-3H3,(H,17,18). The summed E-state index contributed by atoms with van der Waals surface area (Å²) >= 11 is 0. The lowest BCUT2D eigenvalue weighted by Crippen LogP contribution is -2.27. The average molecular weight is 263 g/mol. The van der Waals surface area contributed by atoms with Crippen molar-refractivity contribution < 1.29 is 9.53 Å². The van der Waals surface area contributed by atoms with E-state index >= 15 is 0 Å². The van der Waals surface area contributed by atoms with E-state index in [1.54, 1.807) is 0 Å². The molecule has 0 aromatic heterocycles. The summed E-state index contributed by atoms with van der Waals surface area (Å²) in [4.78, 5) is 11.6. The number of rotatable bonds is 8. The third-order valence-electron chi connectivity index (χ3n) is 2.87. The Morgan fingerprint density at radius 3 is 2.58 bits per heavy atom. The van der Waals surface area contributed by atoms with Gasteiger partial charge in [0, 0.05) is 13.0 Å². The highest BCUT2D eigenvalue weighted by Gasteiger charge is 2.01. The monoisotopic (exact) mass is 263 g/mol. The van der Waals surface area contributed by atoms with Gasteiger partial charge < -0.3 is 10.1 Å². The van der Waals surface area contributed by atoms with Crippen molar-refractivity contribution in [3.8, 4) is 0 Å². The Hall–Kier alpha value is -1.35. The molecule has 0 spiro atoms. The van der Waals surface area contributed by atoms with Crippen molar-refractivity contribution in [2.45, 2.75) is 46.1 Å². The van der Waals surface area contributed by atoms with Crippen LogP contribution in [0.1, 0.15) is 37.8 Å². The van der Waals surface area contributed by atoms with E-state index in [0.29, 0.717) is 19.6 Å².